The SMILES string of the molecule is CN1C[C@@H]2C[C@H]1CN2I. The van der Waals surface area contributed by atoms with Crippen molar-refractivity contribution < 1.29 is 0 Å². The minimum Gasteiger partial charge on any atom is -0.300 e. The number of halogens is 1. The maximum absolute atomic E-state index is 2.47. The number of hydrogen-bond donors (Lipinski definition) is 0. The van der Waals surface area contributed by atoms with Crippen molar-refractivity contribution in [2.24, 2.45) is 0 Å². The number of nitrogens with zero attached hydrogens (tertiary/aromatic N) is 2. The van der Waals surface area contributed by atoms with Crippen molar-refractivity contribution in [3.63, 3.8) is 0 Å². The first-order chi connectivity index (χ1) is 4.27. The van der Waals surface area contributed by atoms with Gasteiger partial charge in [-0.3, -0.25) is 0 Å². The van der Waals surface area contributed by atoms with E-state index in [-0.39, 0.29) is 0 Å². The van der Waals surface area contributed by atoms with Gasteiger partial charge in [0.15, 0.2) is 0 Å². The van der Waals surface area contributed by atoms with E-state index in [0.29, 0.717) is 0 Å². The van der Waals surface area contributed by atoms with Gasteiger partial charge in [-0.2, -0.15) is 0 Å². The number of likely N-dealkylation sites (tertiary alicyclic amines) is 1. The normalized spacial score (nSPS) is 44.7. The maximum atomic E-state index is 2.47. The van der Waals surface area contributed by atoms with Crippen molar-refractivity contribution in [2.75, 3.05) is 20.1 Å². The largest absolute Gasteiger partial charge is 0.300 e. The minimum absolute atomic E-state index is 0.862. The van der Waals surface area contributed by atoms with E-state index in [2.05, 4.69) is 37.9 Å². The highest BCUT2D eigenvalue weighted by atomic mass is 127. The molecule has 2 nitrogen and oxygen atoms in total. The van der Waals surface area contributed by atoms with Crippen LogP contribution in [0.5, 0.6) is 0 Å². The lowest BCUT2D eigenvalue weighted by molar-refractivity contribution is 0.237. The second-order valence-electron chi connectivity index (χ2n) is 3.07. The molecule has 2 aliphatic rings. The summed E-state index contributed by atoms with van der Waals surface area (Å²) in [5.41, 5.74) is 0. The molecule has 0 saturated carbocycles. The summed E-state index contributed by atoms with van der Waals surface area (Å²) in [5, 5.41) is 0. The molecule has 0 amide bonds. The lowest BCUT2D eigenvalue weighted by Gasteiger charge is -2.26. The Labute approximate surface area is 69.7 Å². The van der Waals surface area contributed by atoms with Crippen molar-refractivity contribution in [2.45, 2.75) is 18.5 Å². The van der Waals surface area contributed by atoms with Crippen LogP contribution in [0, 0.1) is 0 Å². The number of likely N-dealkylation sites (N-methyl/N-ethyl adjacent to an activating group) is 1. The van der Waals surface area contributed by atoms with Gasteiger partial charge in [0, 0.05) is 48.0 Å². The minimum atomic E-state index is 0.862. The molecule has 0 aromatic heterocycles. The molecule has 2 heterocycles. The molecule has 0 radical (unpaired) electrons. The second-order valence-corrected chi connectivity index (χ2v) is 4.30. The number of rotatable bonds is 0. The van der Waals surface area contributed by atoms with Crippen LogP contribution in [0.1, 0.15) is 6.42 Å². The molecule has 0 aromatic rings. The van der Waals surface area contributed by atoms with Crippen LogP contribution in [0.25, 0.3) is 0 Å². The fraction of sp³-hybridized carbons (Fsp3) is 1.00. The average Bonchev–Trinajstić information content (AvgIpc) is 2.24. The molecule has 0 N–H and O–H groups in total. The summed E-state index contributed by atoms with van der Waals surface area (Å²) in [6.45, 7) is 2.56. The Kier molecular flexibility index (Phi) is 1.46. The third kappa shape index (κ3) is 0.897. The summed E-state index contributed by atoms with van der Waals surface area (Å²) in [5.74, 6) is 0. The van der Waals surface area contributed by atoms with E-state index < -0.39 is 0 Å². The maximum Gasteiger partial charge on any atom is 0.0337 e. The first-order valence-corrected chi connectivity index (χ1v) is 4.36. The smallest absolute Gasteiger partial charge is 0.0337 e. The van der Waals surface area contributed by atoms with Gasteiger partial charge in [-0.15, -0.1) is 0 Å². The number of hydrogen-bond acceptors (Lipinski definition) is 2. The zero-order chi connectivity index (χ0) is 6.43. The van der Waals surface area contributed by atoms with Gasteiger partial charge in [0.25, 0.3) is 0 Å². The molecule has 0 aromatic carbocycles. The molecule has 2 atom stereocenters. The van der Waals surface area contributed by atoms with Gasteiger partial charge in [-0.25, -0.2) is 3.11 Å². The molecule has 52 valence electrons. The fourth-order valence-electron chi connectivity index (χ4n) is 1.82. The summed E-state index contributed by atoms with van der Waals surface area (Å²) < 4.78 is 2.45. The Morgan fingerprint density at radius 2 is 2.11 bits per heavy atom. The van der Waals surface area contributed by atoms with Gasteiger partial charge in [-0.05, 0) is 13.5 Å². The number of fused-ring (bicyclic) bond motifs is 2. The van der Waals surface area contributed by atoms with Crippen LogP contribution in [-0.2, 0) is 0 Å². The third-order valence-corrected chi connectivity index (χ3v) is 3.63. The van der Waals surface area contributed by atoms with E-state index >= 15 is 0 Å². The molecule has 3 heteroatoms. The zero-order valence-corrected chi connectivity index (χ0v) is 7.71. The van der Waals surface area contributed by atoms with Gasteiger partial charge in [-0.1, -0.05) is 0 Å². The van der Waals surface area contributed by atoms with Crippen LogP contribution in [0.3, 0.4) is 0 Å². The molecular weight excluding hydrogens is 227 g/mol. The van der Waals surface area contributed by atoms with E-state index in [4.69, 9.17) is 0 Å². The lowest BCUT2D eigenvalue weighted by atomic mass is 10.2. The van der Waals surface area contributed by atoms with Gasteiger partial charge in [0.1, 0.15) is 0 Å². The second kappa shape index (κ2) is 2.07. The van der Waals surface area contributed by atoms with Crippen molar-refractivity contribution in [1.29, 1.82) is 0 Å². The highest BCUT2D eigenvalue weighted by Crippen LogP contribution is 2.31. The van der Waals surface area contributed by atoms with Crippen molar-refractivity contribution in [3.8, 4) is 0 Å². The Bertz CT molecular complexity index is 110. The van der Waals surface area contributed by atoms with Crippen LogP contribution >= 0.6 is 22.9 Å². The highest BCUT2D eigenvalue weighted by Gasteiger charge is 2.40. The molecular formula is C6H11IN2. The van der Waals surface area contributed by atoms with Gasteiger partial charge in [0.2, 0.25) is 0 Å². The summed E-state index contributed by atoms with van der Waals surface area (Å²) in [7, 11) is 2.23. The molecule has 2 fully saturated rings. The van der Waals surface area contributed by atoms with Crippen LogP contribution in [0.15, 0.2) is 0 Å². The van der Waals surface area contributed by atoms with E-state index in [1.54, 1.807) is 0 Å². The molecule has 2 saturated heterocycles. The monoisotopic (exact) mass is 238 g/mol. The molecule has 0 spiro atoms. The predicted octanol–water partition coefficient (Wildman–Crippen LogP) is 0.725. The molecule has 2 bridgehead atoms. The molecule has 2 aliphatic heterocycles. The summed E-state index contributed by atoms with van der Waals surface area (Å²) in [4.78, 5) is 2.47. The molecule has 0 unspecified atom stereocenters. The van der Waals surface area contributed by atoms with E-state index in [1.807, 2.05) is 0 Å². The first-order valence-electron chi connectivity index (χ1n) is 3.40. The predicted molar refractivity (Wildman–Crippen MR) is 45.5 cm³/mol. The van der Waals surface area contributed by atoms with Crippen LogP contribution in [0.4, 0.5) is 0 Å². The van der Waals surface area contributed by atoms with E-state index in [0.717, 1.165) is 12.1 Å². The zero-order valence-electron chi connectivity index (χ0n) is 5.55. The van der Waals surface area contributed by atoms with Crippen LogP contribution in [0.2, 0.25) is 0 Å². The molecule has 9 heavy (non-hydrogen) atoms. The van der Waals surface area contributed by atoms with Gasteiger partial charge in [0.05, 0.1) is 0 Å². The van der Waals surface area contributed by atoms with Crippen molar-refractivity contribution >= 4 is 22.9 Å². The average molecular weight is 238 g/mol. The Balaban J connectivity index is 2.10. The Morgan fingerprint density at radius 3 is 2.44 bits per heavy atom. The first kappa shape index (κ1) is 6.37. The standard InChI is InChI=1S/C6H11IN2/c1-8-3-6-2-5(8)4-9(6)7/h5-6H,2-4H2,1H3/t5-,6-/m0/s1. The lowest BCUT2D eigenvalue weighted by Crippen LogP contribution is -2.39. The summed E-state index contributed by atoms with van der Waals surface area (Å²) in [6, 6.07) is 1.73. The summed E-state index contributed by atoms with van der Waals surface area (Å²) in [6.07, 6.45) is 1.40. The van der Waals surface area contributed by atoms with Crippen molar-refractivity contribution in [1.82, 2.24) is 8.01 Å². The van der Waals surface area contributed by atoms with Gasteiger partial charge < -0.3 is 4.90 Å². The third-order valence-electron chi connectivity index (χ3n) is 2.45. The molecule has 0 aliphatic carbocycles. The Morgan fingerprint density at radius 1 is 1.33 bits per heavy atom. The van der Waals surface area contributed by atoms with Gasteiger partial charge >= 0.3 is 0 Å². The highest BCUT2D eigenvalue weighted by molar-refractivity contribution is 14.1. The summed E-state index contributed by atoms with van der Waals surface area (Å²) >= 11 is 2.44. The molecule has 2 rings (SSSR count). The van der Waals surface area contributed by atoms with Crippen LogP contribution < -0.4 is 0 Å². The van der Waals surface area contributed by atoms with E-state index in [9.17, 15) is 0 Å². The number of piperazine rings is 1. The quantitative estimate of drug-likeness (QED) is 0.453. The van der Waals surface area contributed by atoms with Crippen molar-refractivity contribution in [3.05, 3.63) is 0 Å². The van der Waals surface area contributed by atoms with E-state index in [1.165, 1.54) is 19.5 Å². The Hall–Kier alpha value is 0.650. The topological polar surface area (TPSA) is 6.48 Å². The van der Waals surface area contributed by atoms with Crippen LogP contribution in [-0.4, -0.2) is 40.2 Å². The fourth-order valence-corrected chi connectivity index (χ4v) is 2.68.